The predicted molar refractivity (Wildman–Crippen MR) is 74.6 cm³/mol. The second-order valence-electron chi connectivity index (χ2n) is 7.24. The first-order chi connectivity index (χ1) is 8.70. The van der Waals surface area contributed by atoms with Gasteiger partial charge in [-0.2, -0.15) is 0 Å². The molecular formula is C16H29NO. The zero-order valence-electron chi connectivity index (χ0n) is 12.0. The van der Waals surface area contributed by atoms with Crippen molar-refractivity contribution in [3.05, 3.63) is 0 Å². The van der Waals surface area contributed by atoms with Gasteiger partial charge in [-0.25, -0.2) is 0 Å². The van der Waals surface area contributed by atoms with Crippen LogP contribution in [0.3, 0.4) is 0 Å². The standard InChI is InChI=1S/C16H29NO/c1-11(2)8-12-4-3-5-13(9-12)17-15-10-14-6-7-16(15)18-14/h11-17H,3-10H2,1-2H3. The Kier molecular flexibility index (Phi) is 3.95. The van der Waals surface area contributed by atoms with Gasteiger partial charge in [-0.3, -0.25) is 0 Å². The Morgan fingerprint density at radius 3 is 2.67 bits per heavy atom. The summed E-state index contributed by atoms with van der Waals surface area (Å²) >= 11 is 0. The smallest absolute Gasteiger partial charge is 0.0733 e. The van der Waals surface area contributed by atoms with Gasteiger partial charge in [0.15, 0.2) is 0 Å². The van der Waals surface area contributed by atoms with E-state index in [0.29, 0.717) is 18.2 Å². The highest BCUT2D eigenvalue weighted by Gasteiger charge is 2.41. The molecule has 2 heterocycles. The third-order valence-electron chi connectivity index (χ3n) is 5.14. The van der Waals surface area contributed by atoms with Crippen LogP contribution in [0.15, 0.2) is 0 Å². The van der Waals surface area contributed by atoms with Crippen LogP contribution in [0.5, 0.6) is 0 Å². The highest BCUT2D eigenvalue weighted by atomic mass is 16.5. The van der Waals surface area contributed by atoms with Crippen LogP contribution in [-0.4, -0.2) is 24.3 Å². The molecule has 1 aliphatic carbocycles. The van der Waals surface area contributed by atoms with Crippen LogP contribution >= 0.6 is 0 Å². The summed E-state index contributed by atoms with van der Waals surface area (Å²) in [4.78, 5) is 0. The molecule has 0 aromatic rings. The van der Waals surface area contributed by atoms with Gasteiger partial charge in [-0.15, -0.1) is 0 Å². The van der Waals surface area contributed by atoms with Crippen LogP contribution in [0.2, 0.25) is 0 Å². The van der Waals surface area contributed by atoms with Crippen molar-refractivity contribution in [2.24, 2.45) is 11.8 Å². The van der Waals surface area contributed by atoms with Gasteiger partial charge in [-0.1, -0.05) is 26.7 Å². The van der Waals surface area contributed by atoms with Gasteiger partial charge < -0.3 is 10.1 Å². The molecule has 1 N–H and O–H groups in total. The van der Waals surface area contributed by atoms with Crippen LogP contribution in [0, 0.1) is 11.8 Å². The van der Waals surface area contributed by atoms with Gasteiger partial charge in [0.05, 0.1) is 12.2 Å². The van der Waals surface area contributed by atoms with Gasteiger partial charge in [-0.05, 0) is 50.4 Å². The first-order valence-electron chi connectivity index (χ1n) is 8.12. The highest BCUT2D eigenvalue weighted by molar-refractivity contribution is 4.96. The lowest BCUT2D eigenvalue weighted by molar-refractivity contribution is 0.0940. The Morgan fingerprint density at radius 1 is 1.11 bits per heavy atom. The van der Waals surface area contributed by atoms with Crippen LogP contribution in [0.1, 0.15) is 65.2 Å². The molecule has 18 heavy (non-hydrogen) atoms. The molecule has 3 fully saturated rings. The van der Waals surface area contributed by atoms with E-state index in [0.717, 1.165) is 17.9 Å². The first kappa shape index (κ1) is 12.9. The van der Waals surface area contributed by atoms with Crippen LogP contribution in [-0.2, 0) is 4.74 Å². The van der Waals surface area contributed by atoms with Crippen molar-refractivity contribution in [2.45, 2.75) is 89.5 Å². The van der Waals surface area contributed by atoms with Gasteiger partial charge in [0.2, 0.25) is 0 Å². The van der Waals surface area contributed by atoms with Gasteiger partial charge in [0.25, 0.3) is 0 Å². The molecule has 3 rings (SSSR count). The van der Waals surface area contributed by atoms with E-state index in [-0.39, 0.29) is 0 Å². The average molecular weight is 251 g/mol. The minimum absolute atomic E-state index is 0.542. The first-order valence-corrected chi connectivity index (χ1v) is 8.12. The van der Waals surface area contributed by atoms with Crippen LogP contribution < -0.4 is 5.32 Å². The fraction of sp³-hybridized carbons (Fsp3) is 1.00. The molecular weight excluding hydrogens is 222 g/mol. The summed E-state index contributed by atoms with van der Waals surface area (Å²) in [6.45, 7) is 4.72. The van der Waals surface area contributed by atoms with E-state index in [1.807, 2.05) is 0 Å². The fourth-order valence-electron chi connectivity index (χ4n) is 4.44. The van der Waals surface area contributed by atoms with Gasteiger partial charge >= 0.3 is 0 Å². The number of ether oxygens (including phenoxy) is 1. The van der Waals surface area contributed by atoms with E-state index in [9.17, 15) is 0 Å². The lowest BCUT2D eigenvalue weighted by atomic mass is 9.80. The molecule has 0 aromatic carbocycles. The molecule has 0 amide bonds. The largest absolute Gasteiger partial charge is 0.373 e. The maximum atomic E-state index is 5.96. The van der Waals surface area contributed by atoms with E-state index in [1.54, 1.807) is 0 Å². The van der Waals surface area contributed by atoms with E-state index >= 15 is 0 Å². The second-order valence-corrected chi connectivity index (χ2v) is 7.24. The number of rotatable bonds is 4. The molecule has 2 nitrogen and oxygen atoms in total. The Morgan fingerprint density at radius 2 is 2.00 bits per heavy atom. The van der Waals surface area contributed by atoms with Gasteiger partial charge in [0.1, 0.15) is 0 Å². The Hall–Kier alpha value is -0.0800. The van der Waals surface area contributed by atoms with E-state index in [4.69, 9.17) is 4.74 Å². The summed E-state index contributed by atoms with van der Waals surface area (Å²) in [6.07, 6.45) is 12.1. The van der Waals surface area contributed by atoms with E-state index in [2.05, 4.69) is 19.2 Å². The molecule has 5 unspecified atom stereocenters. The normalized spacial score (nSPS) is 43.8. The van der Waals surface area contributed by atoms with Crippen molar-refractivity contribution >= 4 is 0 Å². The van der Waals surface area contributed by atoms with Crippen molar-refractivity contribution in [2.75, 3.05) is 0 Å². The number of hydrogen-bond acceptors (Lipinski definition) is 2. The molecule has 2 bridgehead atoms. The van der Waals surface area contributed by atoms with Crippen molar-refractivity contribution in [3.8, 4) is 0 Å². The second kappa shape index (κ2) is 5.50. The number of hydrogen-bond donors (Lipinski definition) is 1. The summed E-state index contributed by atoms with van der Waals surface area (Å²) in [5.41, 5.74) is 0. The molecule has 0 spiro atoms. The minimum atomic E-state index is 0.542. The van der Waals surface area contributed by atoms with Crippen molar-refractivity contribution < 1.29 is 4.74 Å². The Bertz CT molecular complexity index is 278. The monoisotopic (exact) mass is 251 g/mol. The van der Waals surface area contributed by atoms with Crippen LogP contribution in [0.25, 0.3) is 0 Å². The van der Waals surface area contributed by atoms with E-state index < -0.39 is 0 Å². The summed E-state index contributed by atoms with van der Waals surface area (Å²) in [7, 11) is 0. The van der Waals surface area contributed by atoms with Crippen LogP contribution in [0.4, 0.5) is 0 Å². The highest BCUT2D eigenvalue weighted by Crippen LogP contribution is 2.36. The zero-order valence-corrected chi connectivity index (χ0v) is 12.0. The third-order valence-corrected chi connectivity index (χ3v) is 5.14. The minimum Gasteiger partial charge on any atom is -0.373 e. The molecule has 5 atom stereocenters. The quantitative estimate of drug-likeness (QED) is 0.825. The maximum Gasteiger partial charge on any atom is 0.0733 e. The molecule has 0 aromatic heterocycles. The average Bonchev–Trinajstić information content (AvgIpc) is 2.90. The lowest BCUT2D eigenvalue weighted by Gasteiger charge is -2.34. The third kappa shape index (κ3) is 2.91. The molecule has 0 radical (unpaired) electrons. The molecule has 3 aliphatic rings. The SMILES string of the molecule is CC(C)CC1CCCC(NC2CC3CCC2O3)C1. The zero-order chi connectivity index (χ0) is 12.5. The molecule has 2 aliphatic heterocycles. The molecule has 1 saturated carbocycles. The molecule has 2 heteroatoms. The van der Waals surface area contributed by atoms with E-state index in [1.165, 1.54) is 51.4 Å². The van der Waals surface area contributed by atoms with Crippen molar-refractivity contribution in [1.82, 2.24) is 5.32 Å². The predicted octanol–water partition coefficient (Wildman–Crippen LogP) is 3.50. The maximum absolute atomic E-state index is 5.96. The lowest BCUT2D eigenvalue weighted by Crippen LogP contribution is -2.45. The molecule has 104 valence electrons. The molecule has 2 saturated heterocycles. The summed E-state index contributed by atoms with van der Waals surface area (Å²) in [5.74, 6) is 1.83. The topological polar surface area (TPSA) is 21.3 Å². The summed E-state index contributed by atoms with van der Waals surface area (Å²) in [6, 6.07) is 1.45. The number of fused-ring (bicyclic) bond motifs is 2. The number of nitrogens with one attached hydrogen (secondary N) is 1. The Balaban J connectivity index is 1.47. The summed E-state index contributed by atoms with van der Waals surface area (Å²) < 4.78 is 5.96. The fourth-order valence-corrected chi connectivity index (χ4v) is 4.44. The van der Waals surface area contributed by atoms with Crippen molar-refractivity contribution in [3.63, 3.8) is 0 Å². The summed E-state index contributed by atoms with van der Waals surface area (Å²) in [5, 5.41) is 3.93. The van der Waals surface area contributed by atoms with Gasteiger partial charge in [0, 0.05) is 12.1 Å². The van der Waals surface area contributed by atoms with Crippen molar-refractivity contribution in [1.29, 1.82) is 0 Å². The Labute approximate surface area is 112 Å².